The summed E-state index contributed by atoms with van der Waals surface area (Å²) in [4.78, 5) is 4.02. The van der Waals surface area contributed by atoms with Crippen LogP contribution in [-0.4, -0.2) is 10.1 Å². The van der Waals surface area contributed by atoms with Gasteiger partial charge in [0.15, 0.2) is 0 Å². The zero-order valence-electron chi connectivity index (χ0n) is 8.63. The van der Waals surface area contributed by atoms with Crippen molar-refractivity contribution in [3.05, 3.63) is 48.2 Å². The Morgan fingerprint density at radius 1 is 1.12 bits per heavy atom. The molecule has 1 aromatic carbocycles. The van der Waals surface area contributed by atoms with Crippen LogP contribution in [0.25, 0.3) is 0 Å². The number of aliphatic hydroxyl groups is 1. The molecule has 4 heteroatoms. The Bertz CT molecular complexity index is 451. The predicted octanol–water partition coefficient (Wildman–Crippen LogP) is 1.95. The van der Waals surface area contributed by atoms with Crippen LogP contribution >= 0.6 is 0 Å². The first-order valence-corrected chi connectivity index (χ1v) is 4.87. The van der Waals surface area contributed by atoms with Gasteiger partial charge >= 0.3 is 0 Å². The number of anilines is 1. The molecule has 0 aliphatic rings. The van der Waals surface area contributed by atoms with Crippen molar-refractivity contribution in [2.75, 3.05) is 5.73 Å². The van der Waals surface area contributed by atoms with E-state index in [4.69, 9.17) is 15.6 Å². The third-order valence-electron chi connectivity index (χ3n) is 2.09. The minimum absolute atomic E-state index is 0.0282. The smallest absolute Gasteiger partial charge is 0.219 e. The molecule has 0 bridgehead atoms. The zero-order chi connectivity index (χ0) is 11.4. The van der Waals surface area contributed by atoms with Crippen LogP contribution in [0.15, 0.2) is 42.6 Å². The van der Waals surface area contributed by atoms with Gasteiger partial charge in [0.1, 0.15) is 5.75 Å². The van der Waals surface area contributed by atoms with Crippen molar-refractivity contribution in [3.8, 4) is 11.6 Å². The monoisotopic (exact) mass is 216 g/mol. The molecule has 0 radical (unpaired) electrons. The first-order valence-electron chi connectivity index (χ1n) is 4.87. The second kappa shape index (κ2) is 4.63. The fraction of sp³-hybridized carbons (Fsp3) is 0.0833. The van der Waals surface area contributed by atoms with Crippen molar-refractivity contribution in [1.29, 1.82) is 0 Å². The lowest BCUT2D eigenvalue weighted by Crippen LogP contribution is -1.90. The van der Waals surface area contributed by atoms with Gasteiger partial charge in [-0.15, -0.1) is 0 Å². The van der Waals surface area contributed by atoms with Crippen LogP contribution in [0.2, 0.25) is 0 Å². The average Bonchev–Trinajstić information content (AvgIpc) is 2.33. The lowest BCUT2D eigenvalue weighted by molar-refractivity contribution is 0.281. The van der Waals surface area contributed by atoms with Crippen molar-refractivity contribution >= 4 is 5.69 Å². The maximum absolute atomic E-state index is 8.88. The molecule has 0 saturated carbocycles. The van der Waals surface area contributed by atoms with Crippen molar-refractivity contribution in [3.63, 3.8) is 0 Å². The number of hydrogen-bond acceptors (Lipinski definition) is 4. The molecule has 16 heavy (non-hydrogen) atoms. The number of aromatic nitrogens is 1. The summed E-state index contributed by atoms with van der Waals surface area (Å²) in [5.74, 6) is 1.17. The molecular weight excluding hydrogens is 204 g/mol. The summed E-state index contributed by atoms with van der Waals surface area (Å²) < 4.78 is 5.48. The normalized spacial score (nSPS) is 10.1. The van der Waals surface area contributed by atoms with Gasteiger partial charge in [-0.25, -0.2) is 4.98 Å². The van der Waals surface area contributed by atoms with E-state index in [9.17, 15) is 0 Å². The number of rotatable bonds is 3. The lowest BCUT2D eigenvalue weighted by atomic mass is 10.2. The molecule has 2 rings (SSSR count). The number of nitrogens with zero attached hydrogens (tertiary/aromatic N) is 1. The van der Waals surface area contributed by atoms with Gasteiger partial charge in [0.05, 0.1) is 18.5 Å². The molecular formula is C12H12N2O2. The molecule has 0 saturated heterocycles. The van der Waals surface area contributed by atoms with E-state index in [1.165, 1.54) is 6.20 Å². The molecule has 0 aliphatic heterocycles. The highest BCUT2D eigenvalue weighted by molar-refractivity contribution is 5.37. The van der Waals surface area contributed by atoms with Crippen LogP contribution in [0.4, 0.5) is 5.69 Å². The Labute approximate surface area is 93.3 Å². The van der Waals surface area contributed by atoms with Gasteiger partial charge in [0.2, 0.25) is 5.88 Å². The molecule has 4 nitrogen and oxygen atoms in total. The fourth-order valence-electron chi connectivity index (χ4n) is 1.24. The maximum Gasteiger partial charge on any atom is 0.219 e. The van der Waals surface area contributed by atoms with E-state index >= 15 is 0 Å². The highest BCUT2D eigenvalue weighted by atomic mass is 16.5. The van der Waals surface area contributed by atoms with Gasteiger partial charge in [-0.3, -0.25) is 0 Å². The number of nitrogens with two attached hydrogens (primary N) is 1. The molecule has 0 atom stereocenters. The number of pyridine rings is 1. The second-order valence-corrected chi connectivity index (χ2v) is 3.33. The van der Waals surface area contributed by atoms with Gasteiger partial charge in [0.25, 0.3) is 0 Å². The maximum atomic E-state index is 8.88. The first kappa shape index (κ1) is 10.4. The van der Waals surface area contributed by atoms with Crippen molar-refractivity contribution < 1.29 is 9.84 Å². The zero-order valence-corrected chi connectivity index (χ0v) is 8.63. The van der Waals surface area contributed by atoms with Crippen molar-refractivity contribution in [1.82, 2.24) is 4.98 Å². The Hall–Kier alpha value is -2.07. The summed E-state index contributed by atoms with van der Waals surface area (Å²) in [5, 5.41) is 8.88. The summed E-state index contributed by atoms with van der Waals surface area (Å²) in [6.07, 6.45) is 1.54. The van der Waals surface area contributed by atoms with Gasteiger partial charge in [-0.1, -0.05) is 12.1 Å². The van der Waals surface area contributed by atoms with Gasteiger partial charge in [-0.05, 0) is 23.8 Å². The number of aliphatic hydroxyl groups excluding tert-OH is 1. The van der Waals surface area contributed by atoms with E-state index in [0.29, 0.717) is 17.3 Å². The highest BCUT2D eigenvalue weighted by Gasteiger charge is 1.98. The minimum atomic E-state index is 0.0282. The second-order valence-electron chi connectivity index (χ2n) is 3.33. The molecule has 82 valence electrons. The van der Waals surface area contributed by atoms with E-state index in [-0.39, 0.29) is 6.61 Å². The van der Waals surface area contributed by atoms with E-state index in [2.05, 4.69) is 4.98 Å². The number of nitrogen functional groups attached to an aromatic ring is 1. The molecule has 2 aromatic rings. The minimum Gasteiger partial charge on any atom is -0.439 e. The SMILES string of the molecule is Nc1ccc(Oc2ccc(CO)cc2)nc1. The summed E-state index contributed by atoms with van der Waals surface area (Å²) in [5.41, 5.74) is 6.96. The largest absolute Gasteiger partial charge is 0.439 e. The molecule has 0 spiro atoms. The number of benzene rings is 1. The third kappa shape index (κ3) is 2.49. The molecule has 1 aromatic heterocycles. The van der Waals surface area contributed by atoms with E-state index < -0.39 is 0 Å². The Morgan fingerprint density at radius 3 is 2.44 bits per heavy atom. The number of ether oxygens (including phenoxy) is 1. The highest BCUT2D eigenvalue weighted by Crippen LogP contribution is 2.20. The molecule has 1 heterocycles. The molecule has 0 aliphatic carbocycles. The van der Waals surface area contributed by atoms with Crippen LogP contribution in [0.5, 0.6) is 11.6 Å². The number of hydrogen-bond donors (Lipinski definition) is 2. The van der Waals surface area contributed by atoms with Crippen molar-refractivity contribution in [2.45, 2.75) is 6.61 Å². The third-order valence-corrected chi connectivity index (χ3v) is 2.09. The van der Waals surface area contributed by atoms with Crippen LogP contribution in [0.3, 0.4) is 0 Å². The summed E-state index contributed by atoms with van der Waals surface area (Å²) in [6, 6.07) is 10.6. The van der Waals surface area contributed by atoms with Crippen LogP contribution in [0.1, 0.15) is 5.56 Å². The topological polar surface area (TPSA) is 68.4 Å². The van der Waals surface area contributed by atoms with E-state index in [1.807, 2.05) is 0 Å². The summed E-state index contributed by atoms with van der Waals surface area (Å²) >= 11 is 0. The summed E-state index contributed by atoms with van der Waals surface area (Å²) in [7, 11) is 0. The average molecular weight is 216 g/mol. The predicted molar refractivity (Wildman–Crippen MR) is 61.1 cm³/mol. The molecule has 0 unspecified atom stereocenters. The Balaban J connectivity index is 2.11. The van der Waals surface area contributed by atoms with E-state index in [1.54, 1.807) is 36.4 Å². The van der Waals surface area contributed by atoms with Crippen molar-refractivity contribution in [2.24, 2.45) is 0 Å². The molecule has 0 amide bonds. The lowest BCUT2D eigenvalue weighted by Gasteiger charge is -2.05. The van der Waals surface area contributed by atoms with Gasteiger partial charge in [-0.2, -0.15) is 0 Å². The first-order chi connectivity index (χ1) is 7.78. The van der Waals surface area contributed by atoms with Crippen LogP contribution in [0, 0.1) is 0 Å². The van der Waals surface area contributed by atoms with Gasteiger partial charge < -0.3 is 15.6 Å². The van der Waals surface area contributed by atoms with Crippen LogP contribution < -0.4 is 10.5 Å². The van der Waals surface area contributed by atoms with Gasteiger partial charge in [0, 0.05) is 6.07 Å². The fourth-order valence-corrected chi connectivity index (χ4v) is 1.24. The Kier molecular flexibility index (Phi) is 3.03. The van der Waals surface area contributed by atoms with Crippen LogP contribution in [-0.2, 0) is 6.61 Å². The summed E-state index contributed by atoms with van der Waals surface area (Å²) in [6.45, 7) is 0.0282. The molecule has 3 N–H and O–H groups in total. The standard InChI is InChI=1S/C12H12N2O2/c13-10-3-6-12(14-7-10)16-11-4-1-9(8-15)2-5-11/h1-7,15H,8,13H2. The van der Waals surface area contributed by atoms with E-state index in [0.717, 1.165) is 5.56 Å². The quantitative estimate of drug-likeness (QED) is 0.822. The Morgan fingerprint density at radius 2 is 1.88 bits per heavy atom. The molecule has 0 fully saturated rings.